The standard InChI is InChI=1S/C12H15NO3/c1-8-3-4-11-10(5-8)13(2)9(7-16-11)6-12(14)15/h3-5,9H,6-7H2,1-2H3,(H,14,15)/t9-/m0/s1. The maximum absolute atomic E-state index is 10.7. The van der Waals surface area contributed by atoms with Gasteiger partial charge in [-0.3, -0.25) is 4.79 Å². The lowest BCUT2D eigenvalue weighted by molar-refractivity contribution is -0.137. The first kappa shape index (κ1) is 10.8. The molecule has 4 nitrogen and oxygen atoms in total. The highest BCUT2D eigenvalue weighted by atomic mass is 16.5. The van der Waals surface area contributed by atoms with Gasteiger partial charge in [0.25, 0.3) is 0 Å². The molecule has 1 aromatic rings. The molecular weight excluding hydrogens is 206 g/mol. The number of carboxylic acid groups (broad SMARTS) is 1. The molecule has 0 radical (unpaired) electrons. The molecule has 1 atom stereocenters. The summed E-state index contributed by atoms with van der Waals surface area (Å²) in [4.78, 5) is 12.7. The Hall–Kier alpha value is -1.71. The van der Waals surface area contributed by atoms with Gasteiger partial charge in [-0.2, -0.15) is 0 Å². The van der Waals surface area contributed by atoms with Crippen LogP contribution in [0.2, 0.25) is 0 Å². The molecule has 4 heteroatoms. The number of rotatable bonds is 2. The van der Waals surface area contributed by atoms with E-state index in [9.17, 15) is 4.79 Å². The highest BCUT2D eigenvalue weighted by Gasteiger charge is 2.26. The molecule has 0 fully saturated rings. The Morgan fingerprint density at radius 2 is 2.38 bits per heavy atom. The van der Waals surface area contributed by atoms with Crippen molar-refractivity contribution in [3.63, 3.8) is 0 Å². The Balaban J connectivity index is 2.26. The number of ether oxygens (including phenoxy) is 1. The highest BCUT2D eigenvalue weighted by Crippen LogP contribution is 2.34. The normalized spacial score (nSPS) is 18.9. The molecule has 0 aliphatic carbocycles. The van der Waals surface area contributed by atoms with E-state index >= 15 is 0 Å². The number of anilines is 1. The third kappa shape index (κ3) is 1.96. The van der Waals surface area contributed by atoms with Gasteiger partial charge in [0.1, 0.15) is 12.4 Å². The lowest BCUT2D eigenvalue weighted by Crippen LogP contribution is -2.41. The maximum atomic E-state index is 10.7. The van der Waals surface area contributed by atoms with E-state index in [0.29, 0.717) is 6.61 Å². The van der Waals surface area contributed by atoms with Crippen molar-refractivity contribution in [2.75, 3.05) is 18.6 Å². The van der Waals surface area contributed by atoms with Gasteiger partial charge in [0.05, 0.1) is 18.2 Å². The van der Waals surface area contributed by atoms with E-state index in [4.69, 9.17) is 9.84 Å². The number of likely N-dealkylation sites (N-methyl/N-ethyl adjacent to an activating group) is 1. The number of benzene rings is 1. The molecule has 86 valence electrons. The molecule has 0 saturated carbocycles. The van der Waals surface area contributed by atoms with Crippen molar-refractivity contribution < 1.29 is 14.6 Å². The predicted molar refractivity (Wildman–Crippen MR) is 61.1 cm³/mol. The number of hydrogen-bond acceptors (Lipinski definition) is 3. The molecule has 0 unspecified atom stereocenters. The summed E-state index contributed by atoms with van der Waals surface area (Å²) in [5, 5.41) is 8.80. The maximum Gasteiger partial charge on any atom is 0.305 e. The lowest BCUT2D eigenvalue weighted by atomic mass is 10.1. The lowest BCUT2D eigenvalue weighted by Gasteiger charge is -2.35. The van der Waals surface area contributed by atoms with Crippen LogP contribution in [-0.2, 0) is 4.79 Å². The highest BCUT2D eigenvalue weighted by molar-refractivity contribution is 5.70. The van der Waals surface area contributed by atoms with Crippen LogP contribution in [0, 0.1) is 6.92 Å². The minimum Gasteiger partial charge on any atom is -0.489 e. The number of nitrogens with zero attached hydrogens (tertiary/aromatic N) is 1. The van der Waals surface area contributed by atoms with Crippen molar-refractivity contribution in [1.29, 1.82) is 0 Å². The molecule has 16 heavy (non-hydrogen) atoms. The first-order chi connectivity index (χ1) is 7.58. The SMILES string of the molecule is Cc1ccc2c(c1)N(C)[C@@H](CC(=O)O)CO2. The van der Waals surface area contributed by atoms with Crippen LogP contribution in [0.25, 0.3) is 0 Å². The van der Waals surface area contributed by atoms with Crippen molar-refractivity contribution >= 4 is 11.7 Å². The molecule has 0 amide bonds. The van der Waals surface area contributed by atoms with Crippen LogP contribution in [0.3, 0.4) is 0 Å². The van der Waals surface area contributed by atoms with Gasteiger partial charge in [-0.15, -0.1) is 0 Å². The van der Waals surface area contributed by atoms with Gasteiger partial charge in [-0.25, -0.2) is 0 Å². The predicted octanol–water partition coefficient (Wildman–Crippen LogP) is 1.67. The Morgan fingerprint density at radius 3 is 3.06 bits per heavy atom. The minimum absolute atomic E-state index is 0.0909. The summed E-state index contributed by atoms with van der Waals surface area (Å²) >= 11 is 0. The van der Waals surface area contributed by atoms with Crippen molar-refractivity contribution in [2.24, 2.45) is 0 Å². The molecule has 1 aliphatic heterocycles. The Morgan fingerprint density at radius 1 is 1.62 bits per heavy atom. The summed E-state index contributed by atoms with van der Waals surface area (Å²) in [6.45, 7) is 2.44. The average Bonchev–Trinajstić information content (AvgIpc) is 2.22. The number of hydrogen-bond donors (Lipinski definition) is 1. The van der Waals surface area contributed by atoms with Crippen LogP contribution < -0.4 is 9.64 Å². The van der Waals surface area contributed by atoms with Crippen molar-refractivity contribution in [1.82, 2.24) is 0 Å². The fourth-order valence-corrected chi connectivity index (χ4v) is 1.92. The summed E-state index contributed by atoms with van der Waals surface area (Å²) in [6.07, 6.45) is 0.101. The van der Waals surface area contributed by atoms with Gasteiger partial charge in [0.15, 0.2) is 0 Å². The molecule has 1 aliphatic rings. The van der Waals surface area contributed by atoms with Crippen LogP contribution in [-0.4, -0.2) is 30.8 Å². The zero-order chi connectivity index (χ0) is 11.7. The van der Waals surface area contributed by atoms with Gasteiger partial charge in [-0.1, -0.05) is 6.07 Å². The molecule has 1 N–H and O–H groups in total. The van der Waals surface area contributed by atoms with Crippen molar-refractivity contribution in [2.45, 2.75) is 19.4 Å². The summed E-state index contributed by atoms with van der Waals surface area (Å²) in [5.41, 5.74) is 2.11. The monoisotopic (exact) mass is 221 g/mol. The first-order valence-corrected chi connectivity index (χ1v) is 5.26. The van der Waals surface area contributed by atoms with Gasteiger partial charge in [-0.05, 0) is 24.6 Å². The van der Waals surface area contributed by atoms with E-state index in [-0.39, 0.29) is 12.5 Å². The van der Waals surface area contributed by atoms with Crippen molar-refractivity contribution in [3.05, 3.63) is 23.8 Å². The quantitative estimate of drug-likeness (QED) is 0.825. The average molecular weight is 221 g/mol. The van der Waals surface area contributed by atoms with Crippen LogP contribution in [0.1, 0.15) is 12.0 Å². The Kier molecular flexibility index (Phi) is 2.73. The van der Waals surface area contributed by atoms with Gasteiger partial charge >= 0.3 is 5.97 Å². The third-order valence-corrected chi connectivity index (χ3v) is 2.88. The Bertz CT molecular complexity index is 417. The van der Waals surface area contributed by atoms with E-state index in [1.807, 2.05) is 37.1 Å². The Labute approximate surface area is 94.4 Å². The van der Waals surface area contributed by atoms with Gasteiger partial charge in [0, 0.05) is 7.05 Å². The zero-order valence-electron chi connectivity index (χ0n) is 9.43. The molecule has 0 aromatic heterocycles. The molecular formula is C12H15NO3. The second-order valence-corrected chi connectivity index (χ2v) is 4.14. The van der Waals surface area contributed by atoms with Crippen LogP contribution in [0.15, 0.2) is 18.2 Å². The van der Waals surface area contributed by atoms with E-state index < -0.39 is 5.97 Å². The third-order valence-electron chi connectivity index (χ3n) is 2.88. The summed E-state index contributed by atoms with van der Waals surface area (Å²) in [5.74, 6) is 0.0336. The van der Waals surface area contributed by atoms with Gasteiger partial charge < -0.3 is 14.7 Å². The minimum atomic E-state index is -0.795. The first-order valence-electron chi connectivity index (χ1n) is 5.26. The topological polar surface area (TPSA) is 49.8 Å². The van der Waals surface area contributed by atoms with Crippen molar-refractivity contribution in [3.8, 4) is 5.75 Å². The number of aryl methyl sites for hydroxylation is 1. The molecule has 1 aromatic carbocycles. The molecule has 0 bridgehead atoms. The molecule has 2 rings (SSSR count). The van der Waals surface area contributed by atoms with E-state index in [1.54, 1.807) is 0 Å². The largest absolute Gasteiger partial charge is 0.489 e. The molecule has 1 heterocycles. The van der Waals surface area contributed by atoms with E-state index in [2.05, 4.69) is 0 Å². The molecule has 0 spiro atoms. The summed E-state index contributed by atoms with van der Waals surface area (Å²) in [7, 11) is 1.91. The van der Waals surface area contributed by atoms with Gasteiger partial charge in [0.2, 0.25) is 0 Å². The van der Waals surface area contributed by atoms with Crippen LogP contribution in [0.5, 0.6) is 5.75 Å². The number of aliphatic carboxylic acids is 1. The second-order valence-electron chi connectivity index (χ2n) is 4.14. The summed E-state index contributed by atoms with van der Waals surface area (Å²) < 4.78 is 5.56. The second kappa shape index (κ2) is 4.04. The van der Waals surface area contributed by atoms with E-state index in [0.717, 1.165) is 17.0 Å². The number of fused-ring (bicyclic) bond motifs is 1. The fourth-order valence-electron chi connectivity index (χ4n) is 1.92. The number of carboxylic acids is 1. The molecule has 0 saturated heterocycles. The van der Waals surface area contributed by atoms with Crippen LogP contribution >= 0.6 is 0 Å². The smallest absolute Gasteiger partial charge is 0.305 e. The summed E-state index contributed by atoms with van der Waals surface area (Å²) in [6, 6.07) is 5.85. The van der Waals surface area contributed by atoms with E-state index in [1.165, 1.54) is 0 Å². The van der Waals surface area contributed by atoms with Crippen LogP contribution in [0.4, 0.5) is 5.69 Å². The zero-order valence-corrected chi connectivity index (χ0v) is 9.43. The number of carbonyl (C=O) groups is 1. The fraction of sp³-hybridized carbons (Fsp3) is 0.417.